The molecule has 3 rings (SSSR count). The third-order valence-corrected chi connectivity index (χ3v) is 4.76. The highest BCUT2D eigenvalue weighted by Gasteiger charge is 2.18. The molecular formula is C27H26N2O4. The molecule has 0 aromatic heterocycles. The van der Waals surface area contributed by atoms with Gasteiger partial charge in [-0.05, 0) is 23.8 Å². The Morgan fingerprint density at radius 1 is 0.939 bits per heavy atom. The fourth-order valence-corrected chi connectivity index (χ4v) is 3.19. The van der Waals surface area contributed by atoms with Crippen LogP contribution in [0.4, 0.5) is 0 Å². The average molecular weight is 443 g/mol. The number of fused-ring (bicyclic) bond motifs is 1. The molecule has 0 saturated carbocycles. The number of benzene rings is 3. The van der Waals surface area contributed by atoms with Crippen LogP contribution in [0.1, 0.15) is 22.8 Å². The van der Waals surface area contributed by atoms with Gasteiger partial charge in [-0.15, -0.1) is 0 Å². The maximum absolute atomic E-state index is 13.3. The van der Waals surface area contributed by atoms with Crippen molar-refractivity contribution < 1.29 is 19.4 Å². The topological polar surface area (TPSA) is 79.2 Å². The van der Waals surface area contributed by atoms with Crippen LogP contribution in [0.5, 0.6) is 0 Å². The van der Waals surface area contributed by atoms with E-state index in [2.05, 4.69) is 4.99 Å². The van der Waals surface area contributed by atoms with Gasteiger partial charge in [0.2, 0.25) is 0 Å². The molecule has 0 fully saturated rings. The van der Waals surface area contributed by atoms with Crippen LogP contribution in [0, 0.1) is 0 Å². The molecule has 168 valence electrons. The van der Waals surface area contributed by atoms with Crippen LogP contribution in [-0.4, -0.2) is 48.7 Å². The molecule has 3 aromatic rings. The van der Waals surface area contributed by atoms with Gasteiger partial charge in [0.15, 0.2) is 11.5 Å². The summed E-state index contributed by atoms with van der Waals surface area (Å²) in [6, 6.07) is 21.8. The number of hydrogen-bond acceptors (Lipinski definition) is 6. The number of nitrogens with zero attached hydrogens (tertiary/aromatic N) is 2. The third kappa shape index (κ3) is 5.95. The Bertz CT molecular complexity index is 1240. The Kier molecular flexibility index (Phi) is 7.76. The molecule has 0 radical (unpaired) electrons. The smallest absolute Gasteiger partial charge is 0.358 e. The molecule has 0 aliphatic heterocycles. The summed E-state index contributed by atoms with van der Waals surface area (Å²) in [7, 11) is 3.49. The Hall–Kier alpha value is -4.19. The Morgan fingerprint density at radius 3 is 2.27 bits per heavy atom. The second-order valence-electron chi connectivity index (χ2n) is 7.48. The largest absolute Gasteiger partial charge is 0.506 e. The number of ether oxygens (including phenoxy) is 1. The molecule has 0 aliphatic carbocycles. The maximum atomic E-state index is 13.3. The molecule has 0 bridgehead atoms. The number of aliphatic hydroxyl groups is 1. The van der Waals surface area contributed by atoms with Crippen molar-refractivity contribution >= 4 is 34.5 Å². The number of aliphatic imine (C=N–C) groups is 1. The number of Topliss-reactive ketones (excluding diaryl/α,β-unsaturated/α-hetero) is 1. The molecular weight excluding hydrogens is 416 g/mol. The molecule has 6 nitrogen and oxygen atoms in total. The van der Waals surface area contributed by atoms with Crippen molar-refractivity contribution in [3.8, 4) is 0 Å². The molecule has 3 aromatic carbocycles. The Morgan fingerprint density at radius 2 is 1.61 bits per heavy atom. The Balaban J connectivity index is 2.13. The van der Waals surface area contributed by atoms with Gasteiger partial charge in [-0.3, -0.25) is 4.79 Å². The molecule has 33 heavy (non-hydrogen) atoms. The lowest BCUT2D eigenvalue weighted by molar-refractivity contribution is -0.138. The van der Waals surface area contributed by atoms with E-state index in [1.54, 1.807) is 68.4 Å². The van der Waals surface area contributed by atoms with E-state index >= 15 is 0 Å². The number of rotatable bonds is 8. The predicted molar refractivity (Wildman–Crippen MR) is 131 cm³/mol. The summed E-state index contributed by atoms with van der Waals surface area (Å²) in [5, 5.41) is 13.1. The van der Waals surface area contributed by atoms with Crippen LogP contribution in [-0.2, 0) is 9.53 Å². The highest BCUT2D eigenvalue weighted by molar-refractivity contribution is 6.25. The third-order valence-electron chi connectivity index (χ3n) is 4.76. The minimum atomic E-state index is -0.626. The van der Waals surface area contributed by atoms with E-state index in [1.807, 2.05) is 30.3 Å². The van der Waals surface area contributed by atoms with Crippen LogP contribution in [0.2, 0.25) is 0 Å². The number of hydrogen-bond donors (Lipinski definition) is 1. The molecule has 6 heteroatoms. The number of aliphatic hydroxyl groups excluding tert-OH is 1. The number of carbonyl (C=O) groups is 2. The summed E-state index contributed by atoms with van der Waals surface area (Å²) in [5.41, 5.74) is 0.825. The van der Waals surface area contributed by atoms with Crippen molar-refractivity contribution in [2.75, 3.05) is 20.7 Å². The second-order valence-corrected chi connectivity index (χ2v) is 7.48. The minimum Gasteiger partial charge on any atom is -0.506 e. The van der Waals surface area contributed by atoms with Crippen molar-refractivity contribution in [2.45, 2.75) is 6.92 Å². The summed E-state index contributed by atoms with van der Waals surface area (Å²) >= 11 is 0. The van der Waals surface area contributed by atoms with Crippen molar-refractivity contribution in [1.82, 2.24) is 4.90 Å². The van der Waals surface area contributed by atoms with Gasteiger partial charge in [0.1, 0.15) is 5.76 Å². The lowest BCUT2D eigenvalue weighted by atomic mass is 9.98. The van der Waals surface area contributed by atoms with Crippen molar-refractivity contribution in [2.24, 2.45) is 4.99 Å². The van der Waals surface area contributed by atoms with E-state index in [0.29, 0.717) is 11.1 Å². The minimum absolute atomic E-state index is 0.00604. The number of allylic oxidation sites excluding steroid dienone is 1. The SMILES string of the molecule is CCOC(=O)/C(=C/N(C)C)N=CC(C(=O)c1ccccc1)=C(O)c1ccc2ccccc2c1. The van der Waals surface area contributed by atoms with E-state index in [1.165, 1.54) is 12.4 Å². The summed E-state index contributed by atoms with van der Waals surface area (Å²) in [5.74, 6) is -1.27. The van der Waals surface area contributed by atoms with Crippen LogP contribution in [0.3, 0.4) is 0 Å². The van der Waals surface area contributed by atoms with Gasteiger partial charge in [0, 0.05) is 37.6 Å². The lowest BCUT2D eigenvalue weighted by Gasteiger charge is -2.10. The predicted octanol–water partition coefficient (Wildman–Crippen LogP) is 5.03. The standard InChI is InChI=1S/C27H26N2O4/c1-4-33-27(32)24(18-29(2)3)28-17-23(25(30)20-11-6-5-7-12-20)26(31)22-15-14-19-10-8-9-13-21(19)16-22/h5-18,31H,4H2,1-3H3/b24-18-,26-23?,28-17?. The summed E-state index contributed by atoms with van der Waals surface area (Å²) in [4.78, 5) is 31.5. The van der Waals surface area contributed by atoms with E-state index < -0.39 is 11.8 Å². The van der Waals surface area contributed by atoms with Gasteiger partial charge in [-0.2, -0.15) is 0 Å². The fraction of sp³-hybridized carbons (Fsp3) is 0.148. The van der Waals surface area contributed by atoms with Crippen LogP contribution in [0.15, 0.2) is 95.3 Å². The molecule has 0 unspecified atom stereocenters. The Labute approximate surface area is 193 Å². The van der Waals surface area contributed by atoms with Crippen molar-refractivity contribution in [3.63, 3.8) is 0 Å². The summed E-state index contributed by atoms with van der Waals surface area (Å²) in [6.45, 7) is 1.89. The normalized spacial score (nSPS) is 12.5. The molecule has 0 saturated heterocycles. The van der Waals surface area contributed by atoms with Gasteiger partial charge >= 0.3 is 5.97 Å². The van der Waals surface area contributed by atoms with Crippen molar-refractivity contribution in [1.29, 1.82) is 0 Å². The highest BCUT2D eigenvalue weighted by atomic mass is 16.5. The van der Waals surface area contributed by atoms with Gasteiger partial charge in [0.25, 0.3) is 0 Å². The van der Waals surface area contributed by atoms with Gasteiger partial charge in [-0.1, -0.05) is 66.7 Å². The van der Waals surface area contributed by atoms with E-state index in [9.17, 15) is 14.7 Å². The first kappa shape index (κ1) is 23.5. The molecule has 0 heterocycles. The average Bonchev–Trinajstić information content (AvgIpc) is 2.83. The van der Waals surface area contributed by atoms with Crippen LogP contribution < -0.4 is 0 Å². The molecule has 1 N–H and O–H groups in total. The lowest BCUT2D eigenvalue weighted by Crippen LogP contribution is -2.13. The zero-order chi connectivity index (χ0) is 23.8. The maximum Gasteiger partial charge on any atom is 0.358 e. The molecule has 0 atom stereocenters. The highest BCUT2D eigenvalue weighted by Crippen LogP contribution is 2.23. The number of ketones is 1. The molecule has 0 amide bonds. The second kappa shape index (κ2) is 10.9. The van der Waals surface area contributed by atoms with Crippen LogP contribution in [0.25, 0.3) is 16.5 Å². The fourth-order valence-electron chi connectivity index (χ4n) is 3.19. The summed E-state index contributed by atoms with van der Waals surface area (Å²) in [6.07, 6.45) is 2.71. The van der Waals surface area contributed by atoms with Gasteiger partial charge in [0.05, 0.1) is 12.2 Å². The van der Waals surface area contributed by atoms with Crippen LogP contribution >= 0.6 is 0 Å². The zero-order valence-electron chi connectivity index (χ0n) is 18.9. The first-order valence-corrected chi connectivity index (χ1v) is 10.5. The van der Waals surface area contributed by atoms with Crippen molar-refractivity contribution in [3.05, 3.63) is 101 Å². The monoisotopic (exact) mass is 442 g/mol. The summed E-state index contributed by atoms with van der Waals surface area (Å²) < 4.78 is 5.06. The van der Waals surface area contributed by atoms with E-state index in [4.69, 9.17) is 4.74 Å². The van der Waals surface area contributed by atoms with Gasteiger partial charge in [-0.25, -0.2) is 9.79 Å². The zero-order valence-corrected chi connectivity index (χ0v) is 18.9. The quantitative estimate of drug-likeness (QED) is 0.174. The number of carbonyl (C=O) groups excluding carboxylic acids is 2. The van der Waals surface area contributed by atoms with E-state index in [-0.39, 0.29) is 23.6 Å². The number of esters is 1. The first-order chi connectivity index (χ1) is 15.9. The van der Waals surface area contributed by atoms with Gasteiger partial charge < -0.3 is 14.7 Å². The van der Waals surface area contributed by atoms with E-state index in [0.717, 1.165) is 10.8 Å². The first-order valence-electron chi connectivity index (χ1n) is 10.5. The molecule has 0 aliphatic rings. The molecule has 0 spiro atoms.